The van der Waals surface area contributed by atoms with Crippen LogP contribution in [-0.4, -0.2) is 57.0 Å². The van der Waals surface area contributed by atoms with Crippen molar-refractivity contribution in [2.24, 2.45) is 11.1 Å². The first kappa shape index (κ1) is 21.3. The maximum absolute atomic E-state index is 12.4. The Morgan fingerprint density at radius 2 is 2.16 bits per heavy atom. The molecule has 31 heavy (non-hydrogen) atoms. The van der Waals surface area contributed by atoms with Gasteiger partial charge in [0.2, 0.25) is 5.91 Å². The lowest BCUT2D eigenvalue weighted by molar-refractivity contribution is -0.134. The monoisotopic (exact) mass is 422 g/mol. The summed E-state index contributed by atoms with van der Waals surface area (Å²) in [6, 6.07) is 8.46. The van der Waals surface area contributed by atoms with E-state index in [0.717, 1.165) is 18.5 Å². The molecule has 3 heterocycles. The fourth-order valence-electron chi connectivity index (χ4n) is 4.60. The van der Waals surface area contributed by atoms with Gasteiger partial charge in [-0.15, -0.1) is 0 Å². The van der Waals surface area contributed by atoms with E-state index in [9.17, 15) is 9.90 Å². The number of allylic oxidation sites excluding steroid dienone is 1. The quantitative estimate of drug-likeness (QED) is 0.402. The van der Waals surface area contributed by atoms with Crippen molar-refractivity contribution in [2.45, 2.75) is 44.8 Å². The van der Waals surface area contributed by atoms with E-state index < -0.39 is 6.10 Å². The SMILES string of the molecule is C=C/C(C)=N\OCCC(=O)N1CCC(C(O)CC2c3ccccc3-c3cncn32)CC1. The van der Waals surface area contributed by atoms with Crippen LogP contribution < -0.4 is 0 Å². The summed E-state index contributed by atoms with van der Waals surface area (Å²) in [5, 5.41) is 14.9. The van der Waals surface area contributed by atoms with Crippen LogP contribution in [0.4, 0.5) is 0 Å². The van der Waals surface area contributed by atoms with E-state index in [1.165, 1.54) is 11.1 Å². The number of hydrogen-bond donors (Lipinski definition) is 1. The number of piperidine rings is 1. The summed E-state index contributed by atoms with van der Waals surface area (Å²) >= 11 is 0. The first-order chi connectivity index (χ1) is 15.1. The number of benzene rings is 1. The van der Waals surface area contributed by atoms with E-state index >= 15 is 0 Å². The van der Waals surface area contributed by atoms with Gasteiger partial charge in [-0.25, -0.2) is 4.98 Å². The van der Waals surface area contributed by atoms with Crippen LogP contribution in [0.2, 0.25) is 0 Å². The number of imidazole rings is 1. The molecule has 1 fully saturated rings. The van der Waals surface area contributed by atoms with Crippen molar-refractivity contribution in [1.29, 1.82) is 0 Å². The molecular formula is C24H30N4O3. The van der Waals surface area contributed by atoms with Gasteiger partial charge < -0.3 is 19.4 Å². The standard InChI is InChI=1S/C24H30N4O3/c1-3-17(2)26-31-13-10-24(30)27-11-8-18(9-12-27)23(29)14-21-19-6-4-5-7-20(19)22-15-25-16-28(21)22/h3-7,15-16,18,21,23,29H,1,8-14H2,2H3/b26-17-. The zero-order chi connectivity index (χ0) is 21.8. The molecule has 2 atom stereocenters. The zero-order valence-electron chi connectivity index (χ0n) is 18.0. The minimum Gasteiger partial charge on any atom is -0.395 e. The Bertz CT molecular complexity index is 959. The summed E-state index contributed by atoms with van der Waals surface area (Å²) in [5.41, 5.74) is 4.26. The number of hydrogen-bond acceptors (Lipinski definition) is 5. The van der Waals surface area contributed by atoms with Crippen LogP contribution in [-0.2, 0) is 9.63 Å². The lowest BCUT2D eigenvalue weighted by Gasteiger charge is -2.35. The summed E-state index contributed by atoms with van der Waals surface area (Å²) in [4.78, 5) is 23.7. The molecule has 0 bridgehead atoms. The van der Waals surface area contributed by atoms with Crippen molar-refractivity contribution in [2.75, 3.05) is 19.7 Å². The van der Waals surface area contributed by atoms with Gasteiger partial charge in [0.1, 0.15) is 6.61 Å². The van der Waals surface area contributed by atoms with Gasteiger partial charge in [0.25, 0.3) is 0 Å². The fourth-order valence-corrected chi connectivity index (χ4v) is 4.60. The molecule has 0 aliphatic carbocycles. The molecule has 7 heteroatoms. The third-order valence-corrected chi connectivity index (χ3v) is 6.41. The molecule has 7 nitrogen and oxygen atoms in total. The smallest absolute Gasteiger partial charge is 0.226 e. The van der Waals surface area contributed by atoms with Crippen LogP contribution in [0.3, 0.4) is 0 Å². The van der Waals surface area contributed by atoms with E-state index in [1.54, 1.807) is 13.0 Å². The number of amides is 1. The number of fused-ring (bicyclic) bond motifs is 3. The van der Waals surface area contributed by atoms with E-state index in [-0.39, 0.29) is 24.5 Å². The Kier molecular flexibility index (Phi) is 6.51. The molecule has 2 aromatic rings. The number of rotatable bonds is 8. The van der Waals surface area contributed by atoms with Gasteiger partial charge in [0.05, 0.1) is 42.5 Å². The molecule has 1 aromatic carbocycles. The first-order valence-electron chi connectivity index (χ1n) is 10.9. The maximum atomic E-state index is 12.4. The summed E-state index contributed by atoms with van der Waals surface area (Å²) < 4.78 is 2.17. The van der Waals surface area contributed by atoms with Gasteiger partial charge >= 0.3 is 0 Å². The minimum atomic E-state index is -0.414. The highest BCUT2D eigenvalue weighted by Crippen LogP contribution is 2.42. The number of likely N-dealkylation sites (tertiary alicyclic amines) is 1. The topological polar surface area (TPSA) is 79.9 Å². The zero-order valence-corrected chi connectivity index (χ0v) is 18.0. The van der Waals surface area contributed by atoms with Gasteiger partial charge in [0, 0.05) is 18.7 Å². The number of oxime groups is 1. The van der Waals surface area contributed by atoms with Crippen LogP contribution in [0.1, 0.15) is 44.2 Å². The van der Waals surface area contributed by atoms with E-state index in [4.69, 9.17) is 4.84 Å². The molecule has 4 rings (SSSR count). The second-order valence-corrected chi connectivity index (χ2v) is 8.33. The van der Waals surface area contributed by atoms with Crippen molar-refractivity contribution in [1.82, 2.24) is 14.5 Å². The van der Waals surface area contributed by atoms with E-state index in [0.29, 0.717) is 31.6 Å². The lowest BCUT2D eigenvalue weighted by atomic mass is 9.86. The molecule has 2 aliphatic rings. The molecule has 0 spiro atoms. The molecule has 0 radical (unpaired) electrons. The van der Waals surface area contributed by atoms with Gasteiger partial charge in [-0.05, 0) is 43.7 Å². The number of carbonyl (C=O) groups excluding carboxylic acids is 1. The average molecular weight is 423 g/mol. The number of nitrogens with zero attached hydrogens (tertiary/aromatic N) is 4. The molecule has 164 valence electrons. The van der Waals surface area contributed by atoms with Crippen molar-refractivity contribution in [3.05, 3.63) is 55.0 Å². The van der Waals surface area contributed by atoms with Gasteiger partial charge in [-0.2, -0.15) is 0 Å². The number of aliphatic hydroxyl groups is 1. The van der Waals surface area contributed by atoms with Gasteiger partial charge in [-0.3, -0.25) is 4.79 Å². The summed E-state index contributed by atoms with van der Waals surface area (Å²) in [6.07, 6.45) is 7.54. The predicted molar refractivity (Wildman–Crippen MR) is 120 cm³/mol. The van der Waals surface area contributed by atoms with Crippen LogP contribution in [0.5, 0.6) is 0 Å². The van der Waals surface area contributed by atoms with E-state index in [1.807, 2.05) is 23.5 Å². The van der Waals surface area contributed by atoms with Crippen LogP contribution in [0.25, 0.3) is 11.3 Å². The Morgan fingerprint density at radius 3 is 2.94 bits per heavy atom. The predicted octanol–water partition coefficient (Wildman–Crippen LogP) is 3.41. The van der Waals surface area contributed by atoms with Crippen molar-refractivity contribution in [3.63, 3.8) is 0 Å². The molecule has 2 unspecified atom stereocenters. The molecule has 1 saturated heterocycles. The Balaban J connectivity index is 1.28. The number of aliphatic hydroxyl groups excluding tert-OH is 1. The minimum absolute atomic E-state index is 0.0761. The summed E-state index contributed by atoms with van der Waals surface area (Å²) in [7, 11) is 0. The van der Waals surface area contributed by atoms with Crippen LogP contribution in [0.15, 0.2) is 54.6 Å². The van der Waals surface area contributed by atoms with Crippen LogP contribution >= 0.6 is 0 Å². The summed E-state index contributed by atoms with van der Waals surface area (Å²) in [6.45, 7) is 7.02. The Labute approximate surface area is 183 Å². The maximum Gasteiger partial charge on any atom is 0.226 e. The van der Waals surface area contributed by atoms with Crippen molar-refractivity contribution in [3.8, 4) is 11.3 Å². The third kappa shape index (κ3) is 4.56. The van der Waals surface area contributed by atoms with Crippen molar-refractivity contribution < 1.29 is 14.7 Å². The molecular weight excluding hydrogens is 392 g/mol. The average Bonchev–Trinajstić information content (AvgIpc) is 3.39. The Morgan fingerprint density at radius 1 is 1.39 bits per heavy atom. The van der Waals surface area contributed by atoms with Gasteiger partial charge in [-0.1, -0.05) is 36.0 Å². The summed E-state index contributed by atoms with van der Waals surface area (Å²) in [5.74, 6) is 0.270. The number of aromatic nitrogens is 2. The molecule has 1 N–H and O–H groups in total. The molecule has 0 saturated carbocycles. The third-order valence-electron chi connectivity index (χ3n) is 6.41. The molecule has 1 amide bonds. The highest BCUT2D eigenvalue weighted by molar-refractivity contribution is 5.91. The fraction of sp³-hybridized carbons (Fsp3) is 0.458. The second-order valence-electron chi connectivity index (χ2n) is 8.33. The van der Waals surface area contributed by atoms with Crippen LogP contribution in [0, 0.1) is 5.92 Å². The molecule has 2 aliphatic heterocycles. The van der Waals surface area contributed by atoms with E-state index in [2.05, 4.69) is 39.5 Å². The lowest BCUT2D eigenvalue weighted by Crippen LogP contribution is -2.41. The van der Waals surface area contributed by atoms with Crippen molar-refractivity contribution >= 4 is 11.6 Å². The molecule has 1 aromatic heterocycles. The highest BCUT2D eigenvalue weighted by Gasteiger charge is 2.33. The second kappa shape index (κ2) is 9.47. The largest absolute Gasteiger partial charge is 0.395 e. The first-order valence-corrected chi connectivity index (χ1v) is 10.9. The normalized spacial score (nSPS) is 19.6. The number of carbonyl (C=O) groups is 1. The Hall–Kier alpha value is -2.93. The van der Waals surface area contributed by atoms with Gasteiger partial charge in [0.15, 0.2) is 0 Å². The highest BCUT2D eigenvalue weighted by atomic mass is 16.6.